The Bertz CT molecular complexity index is 459. The number of fused-ring (bicyclic) bond motifs is 1. The molecule has 1 atom stereocenters. The summed E-state index contributed by atoms with van der Waals surface area (Å²) in [5, 5.41) is 3.22. The van der Waals surface area contributed by atoms with Crippen LogP contribution in [0.2, 0.25) is 0 Å². The van der Waals surface area contributed by atoms with Gasteiger partial charge in [0.1, 0.15) is 0 Å². The Morgan fingerprint density at radius 1 is 1.22 bits per heavy atom. The normalized spacial score (nSPS) is 17.4. The van der Waals surface area contributed by atoms with Crippen molar-refractivity contribution in [3.63, 3.8) is 0 Å². The molecular formula is C13H17NO4. The Balaban J connectivity index is 2.29. The Morgan fingerprint density at radius 3 is 2.50 bits per heavy atom. The number of carbonyl (C=O) groups is 1. The summed E-state index contributed by atoms with van der Waals surface area (Å²) in [5.74, 6) is 1.01. The first-order chi connectivity index (χ1) is 8.69. The summed E-state index contributed by atoms with van der Waals surface area (Å²) in [4.78, 5) is 11.5. The van der Waals surface area contributed by atoms with Crippen LogP contribution in [0.4, 0.5) is 5.69 Å². The largest absolute Gasteiger partial charge is 0.493 e. The fourth-order valence-electron chi connectivity index (χ4n) is 2.16. The number of rotatable bonds is 3. The smallest absolute Gasteiger partial charge is 0.310 e. The predicted molar refractivity (Wildman–Crippen MR) is 67.2 cm³/mol. The summed E-state index contributed by atoms with van der Waals surface area (Å²) in [6.45, 7) is 0.579. The number of benzene rings is 1. The third kappa shape index (κ3) is 2.20. The average Bonchev–Trinajstić information content (AvgIpc) is 2.44. The van der Waals surface area contributed by atoms with Crippen molar-refractivity contribution in [2.75, 3.05) is 33.2 Å². The number of carbonyl (C=O) groups excluding carboxylic acids is 1. The molecule has 1 aromatic carbocycles. The van der Waals surface area contributed by atoms with Crippen molar-refractivity contribution in [1.29, 1.82) is 0 Å². The minimum Gasteiger partial charge on any atom is -0.493 e. The van der Waals surface area contributed by atoms with Crippen LogP contribution in [-0.4, -0.2) is 33.8 Å². The maximum atomic E-state index is 11.5. The lowest BCUT2D eigenvalue weighted by Crippen LogP contribution is -2.30. The van der Waals surface area contributed by atoms with Crippen LogP contribution in [0.3, 0.4) is 0 Å². The summed E-state index contributed by atoms with van der Waals surface area (Å²) in [7, 11) is 4.61. The summed E-state index contributed by atoms with van der Waals surface area (Å²) < 4.78 is 15.3. The van der Waals surface area contributed by atoms with Gasteiger partial charge in [0.25, 0.3) is 0 Å². The molecule has 0 fully saturated rings. The van der Waals surface area contributed by atoms with Crippen LogP contribution in [-0.2, 0) is 16.0 Å². The molecule has 1 heterocycles. The Morgan fingerprint density at radius 2 is 1.89 bits per heavy atom. The van der Waals surface area contributed by atoms with E-state index in [1.807, 2.05) is 12.1 Å². The zero-order valence-corrected chi connectivity index (χ0v) is 10.8. The summed E-state index contributed by atoms with van der Waals surface area (Å²) in [6, 6.07) is 3.79. The fourth-order valence-corrected chi connectivity index (χ4v) is 2.16. The third-order valence-electron chi connectivity index (χ3n) is 3.15. The van der Waals surface area contributed by atoms with Gasteiger partial charge in [-0.1, -0.05) is 0 Å². The van der Waals surface area contributed by atoms with Crippen molar-refractivity contribution >= 4 is 11.7 Å². The Kier molecular flexibility index (Phi) is 3.60. The molecule has 0 saturated carbocycles. The van der Waals surface area contributed by atoms with Gasteiger partial charge in [0, 0.05) is 18.3 Å². The molecule has 1 aliphatic rings. The van der Waals surface area contributed by atoms with Gasteiger partial charge in [0.15, 0.2) is 11.5 Å². The summed E-state index contributed by atoms with van der Waals surface area (Å²) in [6.07, 6.45) is 0.648. The van der Waals surface area contributed by atoms with E-state index in [4.69, 9.17) is 14.2 Å². The molecule has 98 valence electrons. The van der Waals surface area contributed by atoms with E-state index < -0.39 is 0 Å². The second-order valence-corrected chi connectivity index (χ2v) is 4.17. The van der Waals surface area contributed by atoms with E-state index in [9.17, 15) is 4.79 Å². The fraction of sp³-hybridized carbons (Fsp3) is 0.462. The number of methoxy groups -OCH3 is 3. The van der Waals surface area contributed by atoms with E-state index in [1.54, 1.807) is 14.2 Å². The van der Waals surface area contributed by atoms with Gasteiger partial charge in [-0.2, -0.15) is 0 Å². The highest BCUT2D eigenvalue weighted by Gasteiger charge is 2.26. The Labute approximate surface area is 106 Å². The van der Waals surface area contributed by atoms with E-state index in [1.165, 1.54) is 7.11 Å². The highest BCUT2D eigenvalue weighted by Crippen LogP contribution is 2.36. The Hall–Kier alpha value is -1.91. The second-order valence-electron chi connectivity index (χ2n) is 4.17. The molecule has 1 N–H and O–H groups in total. The van der Waals surface area contributed by atoms with Gasteiger partial charge >= 0.3 is 5.97 Å². The molecule has 1 aliphatic heterocycles. The van der Waals surface area contributed by atoms with Gasteiger partial charge in [0.05, 0.1) is 27.2 Å². The van der Waals surface area contributed by atoms with Gasteiger partial charge in [0.2, 0.25) is 0 Å². The summed E-state index contributed by atoms with van der Waals surface area (Å²) >= 11 is 0. The highest BCUT2D eigenvalue weighted by molar-refractivity contribution is 5.76. The number of anilines is 1. The lowest BCUT2D eigenvalue weighted by Gasteiger charge is -2.25. The van der Waals surface area contributed by atoms with Crippen LogP contribution in [0.5, 0.6) is 11.5 Å². The zero-order valence-electron chi connectivity index (χ0n) is 10.8. The molecule has 18 heavy (non-hydrogen) atoms. The molecule has 0 saturated heterocycles. The molecule has 1 aromatic rings. The summed E-state index contributed by atoms with van der Waals surface area (Å²) in [5.41, 5.74) is 2.02. The molecule has 5 nitrogen and oxygen atoms in total. The van der Waals surface area contributed by atoms with Crippen molar-refractivity contribution in [3.05, 3.63) is 17.7 Å². The van der Waals surface area contributed by atoms with Crippen LogP contribution < -0.4 is 14.8 Å². The molecule has 0 radical (unpaired) electrons. The zero-order chi connectivity index (χ0) is 13.1. The van der Waals surface area contributed by atoms with Crippen molar-refractivity contribution in [2.45, 2.75) is 6.42 Å². The monoisotopic (exact) mass is 251 g/mol. The van der Waals surface area contributed by atoms with E-state index in [0.29, 0.717) is 24.5 Å². The van der Waals surface area contributed by atoms with Gasteiger partial charge in [-0.3, -0.25) is 4.79 Å². The number of esters is 1. The van der Waals surface area contributed by atoms with Gasteiger partial charge in [-0.05, 0) is 18.1 Å². The molecule has 2 rings (SSSR count). The maximum absolute atomic E-state index is 11.5. The molecule has 0 bridgehead atoms. The molecule has 1 unspecified atom stereocenters. The SMILES string of the molecule is COC(=O)C1CNc2cc(OC)c(OC)cc2C1. The first-order valence-corrected chi connectivity index (χ1v) is 5.76. The first kappa shape index (κ1) is 12.5. The topological polar surface area (TPSA) is 56.8 Å². The van der Waals surface area contributed by atoms with Crippen molar-refractivity contribution in [1.82, 2.24) is 0 Å². The van der Waals surface area contributed by atoms with Crippen LogP contribution in [0, 0.1) is 5.92 Å². The standard InChI is InChI=1S/C13H17NO4/c1-16-11-5-8-4-9(13(15)18-3)7-14-10(8)6-12(11)17-2/h5-6,9,14H,4,7H2,1-3H3. The minimum atomic E-state index is -0.192. The molecule has 5 heteroatoms. The first-order valence-electron chi connectivity index (χ1n) is 5.76. The van der Waals surface area contributed by atoms with Crippen LogP contribution in [0.25, 0.3) is 0 Å². The predicted octanol–water partition coefficient (Wildman–Crippen LogP) is 1.46. The number of hydrogen-bond acceptors (Lipinski definition) is 5. The van der Waals surface area contributed by atoms with Crippen molar-refractivity contribution < 1.29 is 19.0 Å². The molecule has 0 aromatic heterocycles. The highest BCUT2D eigenvalue weighted by atomic mass is 16.5. The molecule has 0 amide bonds. The minimum absolute atomic E-state index is 0.152. The number of hydrogen-bond donors (Lipinski definition) is 1. The maximum Gasteiger partial charge on any atom is 0.310 e. The van der Waals surface area contributed by atoms with E-state index in [2.05, 4.69) is 5.32 Å². The molecule has 0 spiro atoms. The van der Waals surface area contributed by atoms with Crippen LogP contribution in [0.1, 0.15) is 5.56 Å². The lowest BCUT2D eigenvalue weighted by atomic mass is 9.93. The van der Waals surface area contributed by atoms with E-state index in [0.717, 1.165) is 11.3 Å². The van der Waals surface area contributed by atoms with E-state index >= 15 is 0 Å². The number of ether oxygens (including phenoxy) is 3. The quantitative estimate of drug-likeness (QED) is 0.824. The number of nitrogens with one attached hydrogen (secondary N) is 1. The van der Waals surface area contributed by atoms with Gasteiger partial charge < -0.3 is 19.5 Å². The average molecular weight is 251 g/mol. The van der Waals surface area contributed by atoms with Crippen LogP contribution in [0.15, 0.2) is 12.1 Å². The second kappa shape index (κ2) is 5.16. The van der Waals surface area contributed by atoms with Crippen LogP contribution >= 0.6 is 0 Å². The molecule has 0 aliphatic carbocycles. The lowest BCUT2D eigenvalue weighted by molar-refractivity contribution is -0.145. The van der Waals surface area contributed by atoms with Gasteiger partial charge in [-0.15, -0.1) is 0 Å². The van der Waals surface area contributed by atoms with Crippen molar-refractivity contribution in [2.24, 2.45) is 5.92 Å². The van der Waals surface area contributed by atoms with Gasteiger partial charge in [-0.25, -0.2) is 0 Å². The molecular weight excluding hydrogens is 234 g/mol. The van der Waals surface area contributed by atoms with Crippen molar-refractivity contribution in [3.8, 4) is 11.5 Å². The van der Waals surface area contributed by atoms with E-state index in [-0.39, 0.29) is 11.9 Å². The third-order valence-corrected chi connectivity index (χ3v) is 3.15.